The maximum Gasteiger partial charge on any atom is 0.261 e. The van der Waals surface area contributed by atoms with Gasteiger partial charge < -0.3 is 9.64 Å². The molecule has 2 aromatic carbocycles. The van der Waals surface area contributed by atoms with E-state index >= 15 is 0 Å². The average Bonchev–Trinajstić information content (AvgIpc) is 2.62. The molecule has 1 saturated heterocycles. The summed E-state index contributed by atoms with van der Waals surface area (Å²) in [6, 6.07) is 10.8. The average molecular weight is 395 g/mol. The van der Waals surface area contributed by atoms with E-state index in [2.05, 4.69) is 4.72 Å². The Morgan fingerprint density at radius 1 is 1.12 bits per heavy atom. The van der Waals surface area contributed by atoms with E-state index in [1.807, 2.05) is 0 Å². The lowest BCUT2D eigenvalue weighted by atomic mass is 10.1. The minimum atomic E-state index is -3.76. The Kier molecular flexibility index (Phi) is 5.38. The lowest BCUT2D eigenvalue weighted by Gasteiger charge is -2.28. The molecule has 8 heteroatoms. The van der Waals surface area contributed by atoms with Gasteiger partial charge in [0, 0.05) is 18.0 Å². The van der Waals surface area contributed by atoms with Crippen molar-refractivity contribution in [3.05, 3.63) is 47.5 Å². The van der Waals surface area contributed by atoms with Crippen LogP contribution in [0.3, 0.4) is 0 Å². The summed E-state index contributed by atoms with van der Waals surface area (Å²) in [5.41, 5.74) is 0.919. The van der Waals surface area contributed by atoms with Crippen LogP contribution in [0, 0.1) is 0 Å². The van der Waals surface area contributed by atoms with E-state index in [1.165, 1.54) is 31.4 Å². The number of nitrogens with zero attached hydrogens (tertiary/aromatic N) is 1. The van der Waals surface area contributed by atoms with Gasteiger partial charge in [0.25, 0.3) is 10.0 Å². The summed E-state index contributed by atoms with van der Waals surface area (Å²) in [5, 5.41) is 0.458. The number of benzene rings is 2. The van der Waals surface area contributed by atoms with Gasteiger partial charge in [0.15, 0.2) is 0 Å². The molecule has 0 unspecified atom stereocenters. The third-order valence-corrected chi connectivity index (χ3v) is 5.82. The normalized spacial score (nSPS) is 15.0. The van der Waals surface area contributed by atoms with E-state index < -0.39 is 10.0 Å². The molecule has 1 N–H and O–H groups in total. The van der Waals surface area contributed by atoms with E-state index in [0.29, 0.717) is 35.1 Å². The Bertz CT molecular complexity index is 913. The van der Waals surface area contributed by atoms with Gasteiger partial charge in [-0.15, -0.1) is 0 Å². The summed E-state index contributed by atoms with van der Waals surface area (Å²) in [6.07, 6.45) is 2.24. The van der Waals surface area contributed by atoms with Gasteiger partial charge in [-0.3, -0.25) is 9.52 Å². The minimum absolute atomic E-state index is 0.00672. The van der Waals surface area contributed by atoms with Crippen LogP contribution >= 0.6 is 11.6 Å². The van der Waals surface area contributed by atoms with E-state index in [9.17, 15) is 13.2 Å². The number of carbonyl (C=O) groups excluding carboxylic acids is 1. The first-order valence-corrected chi connectivity index (χ1v) is 10.0. The highest BCUT2D eigenvalue weighted by Crippen LogP contribution is 2.34. The number of anilines is 2. The van der Waals surface area contributed by atoms with Gasteiger partial charge in [-0.05, 0) is 55.3 Å². The third kappa shape index (κ3) is 3.94. The zero-order valence-electron chi connectivity index (χ0n) is 14.2. The van der Waals surface area contributed by atoms with Crippen LogP contribution in [0.15, 0.2) is 47.4 Å². The van der Waals surface area contributed by atoms with Crippen molar-refractivity contribution in [2.24, 2.45) is 0 Å². The van der Waals surface area contributed by atoms with Crippen LogP contribution in [0.1, 0.15) is 19.3 Å². The number of piperidine rings is 1. The van der Waals surface area contributed by atoms with Gasteiger partial charge >= 0.3 is 0 Å². The van der Waals surface area contributed by atoms with Crippen molar-refractivity contribution < 1.29 is 17.9 Å². The summed E-state index contributed by atoms with van der Waals surface area (Å²) < 4.78 is 33.0. The van der Waals surface area contributed by atoms with Gasteiger partial charge in [-0.2, -0.15) is 0 Å². The van der Waals surface area contributed by atoms with Crippen molar-refractivity contribution in [1.29, 1.82) is 0 Å². The Hall–Kier alpha value is -2.25. The quantitative estimate of drug-likeness (QED) is 0.839. The monoisotopic (exact) mass is 394 g/mol. The zero-order valence-corrected chi connectivity index (χ0v) is 15.8. The molecule has 3 rings (SSSR count). The number of hydrogen-bond donors (Lipinski definition) is 1. The summed E-state index contributed by atoms with van der Waals surface area (Å²) in [6.45, 7) is 0.586. The van der Waals surface area contributed by atoms with Crippen molar-refractivity contribution in [2.45, 2.75) is 24.2 Å². The molecule has 0 saturated carbocycles. The highest BCUT2D eigenvalue weighted by molar-refractivity contribution is 7.92. The lowest BCUT2D eigenvalue weighted by Crippen LogP contribution is -2.35. The number of ether oxygens (including phenoxy) is 1. The fourth-order valence-corrected chi connectivity index (χ4v) is 4.03. The van der Waals surface area contributed by atoms with Crippen molar-refractivity contribution >= 4 is 38.9 Å². The number of amides is 1. The van der Waals surface area contributed by atoms with Crippen LogP contribution in [0.2, 0.25) is 5.02 Å². The molecule has 0 radical (unpaired) electrons. The minimum Gasteiger partial charge on any atom is -0.495 e. The van der Waals surface area contributed by atoms with Crippen molar-refractivity contribution in [1.82, 2.24) is 0 Å². The summed E-state index contributed by atoms with van der Waals surface area (Å²) in [7, 11) is -2.24. The molecule has 6 nitrogen and oxygen atoms in total. The van der Waals surface area contributed by atoms with Gasteiger partial charge in [0.05, 0.1) is 23.4 Å². The molecular weight excluding hydrogens is 376 g/mol. The first kappa shape index (κ1) is 18.5. The Balaban J connectivity index is 1.92. The molecule has 0 atom stereocenters. The Morgan fingerprint density at radius 3 is 2.50 bits per heavy atom. The maximum absolute atomic E-state index is 12.6. The van der Waals surface area contributed by atoms with Gasteiger partial charge in [-0.1, -0.05) is 11.6 Å². The molecule has 1 aliphatic rings. The maximum atomic E-state index is 12.6. The SMILES string of the molecule is COc1ccc(NS(=O)(=O)c2ccc(Cl)cc2)cc1N1CCCCC1=O. The molecule has 0 aromatic heterocycles. The van der Waals surface area contributed by atoms with Gasteiger partial charge in [0.2, 0.25) is 5.91 Å². The molecular formula is C18H19ClN2O4S. The number of carbonyl (C=O) groups is 1. The van der Waals surface area contributed by atoms with Crippen molar-refractivity contribution in [2.75, 3.05) is 23.3 Å². The van der Waals surface area contributed by atoms with Crippen molar-refractivity contribution in [3.63, 3.8) is 0 Å². The van der Waals surface area contributed by atoms with Crippen LogP contribution in [-0.2, 0) is 14.8 Å². The highest BCUT2D eigenvalue weighted by atomic mass is 35.5. The van der Waals surface area contributed by atoms with E-state index in [-0.39, 0.29) is 10.8 Å². The second-order valence-electron chi connectivity index (χ2n) is 5.95. The summed E-state index contributed by atoms with van der Waals surface area (Å²) in [4.78, 5) is 14.0. The van der Waals surface area contributed by atoms with Gasteiger partial charge in [0.1, 0.15) is 5.75 Å². The standard InChI is InChI=1S/C18H19ClN2O4S/c1-25-17-10-7-14(12-16(17)21-11-3-2-4-18(21)22)20-26(23,24)15-8-5-13(19)6-9-15/h5-10,12,20H,2-4,11H2,1H3. The predicted molar refractivity (Wildman–Crippen MR) is 101 cm³/mol. The van der Waals surface area contributed by atoms with E-state index in [4.69, 9.17) is 16.3 Å². The topological polar surface area (TPSA) is 75.7 Å². The fraction of sp³-hybridized carbons (Fsp3) is 0.278. The lowest BCUT2D eigenvalue weighted by molar-refractivity contribution is -0.119. The molecule has 1 aliphatic heterocycles. The second-order valence-corrected chi connectivity index (χ2v) is 8.07. The van der Waals surface area contributed by atoms with Crippen LogP contribution in [0.4, 0.5) is 11.4 Å². The largest absolute Gasteiger partial charge is 0.495 e. The van der Waals surface area contributed by atoms with Gasteiger partial charge in [-0.25, -0.2) is 8.42 Å². The zero-order chi connectivity index (χ0) is 18.7. The Labute approximate surface area is 157 Å². The highest BCUT2D eigenvalue weighted by Gasteiger charge is 2.23. The molecule has 1 heterocycles. The summed E-state index contributed by atoms with van der Waals surface area (Å²) in [5.74, 6) is 0.530. The first-order chi connectivity index (χ1) is 12.4. The predicted octanol–water partition coefficient (Wildman–Crippen LogP) is 3.67. The van der Waals surface area contributed by atoms with Crippen LogP contribution in [-0.4, -0.2) is 28.0 Å². The summed E-state index contributed by atoms with van der Waals surface area (Å²) >= 11 is 5.81. The van der Waals surface area contributed by atoms with Crippen LogP contribution < -0.4 is 14.4 Å². The fourth-order valence-electron chi connectivity index (χ4n) is 2.85. The second kappa shape index (κ2) is 7.55. The van der Waals surface area contributed by atoms with E-state index in [1.54, 1.807) is 23.1 Å². The number of rotatable bonds is 5. The molecule has 1 amide bonds. The first-order valence-electron chi connectivity index (χ1n) is 8.17. The smallest absolute Gasteiger partial charge is 0.261 e. The molecule has 0 aliphatic carbocycles. The number of hydrogen-bond acceptors (Lipinski definition) is 4. The molecule has 0 spiro atoms. The number of methoxy groups -OCH3 is 1. The van der Waals surface area contributed by atoms with Crippen LogP contribution in [0.25, 0.3) is 0 Å². The van der Waals surface area contributed by atoms with Crippen LogP contribution in [0.5, 0.6) is 5.75 Å². The van der Waals surface area contributed by atoms with Crippen molar-refractivity contribution in [3.8, 4) is 5.75 Å². The number of nitrogens with one attached hydrogen (secondary N) is 1. The molecule has 1 fully saturated rings. The number of sulfonamides is 1. The number of halogens is 1. The molecule has 26 heavy (non-hydrogen) atoms. The molecule has 0 bridgehead atoms. The molecule has 138 valence electrons. The van der Waals surface area contributed by atoms with E-state index in [0.717, 1.165) is 12.8 Å². The molecule has 2 aromatic rings. The Morgan fingerprint density at radius 2 is 1.85 bits per heavy atom. The third-order valence-electron chi connectivity index (χ3n) is 4.17.